The Labute approximate surface area is 158 Å². The predicted octanol–water partition coefficient (Wildman–Crippen LogP) is 2.24. The molecule has 1 aromatic carbocycles. The van der Waals surface area contributed by atoms with Gasteiger partial charge in [-0.3, -0.25) is 14.3 Å². The number of nitrogens with zero attached hydrogens (tertiary/aromatic N) is 4. The van der Waals surface area contributed by atoms with E-state index in [9.17, 15) is 9.59 Å². The van der Waals surface area contributed by atoms with E-state index in [1.165, 1.54) is 4.68 Å². The zero-order valence-electron chi connectivity index (χ0n) is 16.0. The van der Waals surface area contributed by atoms with Gasteiger partial charge in [-0.15, -0.1) is 0 Å². The molecule has 0 spiro atoms. The summed E-state index contributed by atoms with van der Waals surface area (Å²) in [5.41, 5.74) is 1.32. The zero-order valence-corrected chi connectivity index (χ0v) is 16.0. The molecule has 1 amide bonds. The summed E-state index contributed by atoms with van der Waals surface area (Å²) in [6.45, 7) is 7.47. The molecule has 0 bridgehead atoms. The van der Waals surface area contributed by atoms with Gasteiger partial charge in [-0.2, -0.15) is 10.2 Å². The van der Waals surface area contributed by atoms with Gasteiger partial charge in [0.2, 0.25) is 0 Å². The smallest absolute Gasteiger partial charge is 0.274 e. The second-order valence-corrected chi connectivity index (χ2v) is 6.95. The van der Waals surface area contributed by atoms with Crippen LogP contribution in [0.5, 0.6) is 0 Å². The van der Waals surface area contributed by atoms with Crippen molar-refractivity contribution in [2.24, 2.45) is 5.92 Å². The van der Waals surface area contributed by atoms with Crippen molar-refractivity contribution >= 4 is 16.7 Å². The first-order valence-corrected chi connectivity index (χ1v) is 9.29. The van der Waals surface area contributed by atoms with Gasteiger partial charge in [-0.1, -0.05) is 32.0 Å². The Morgan fingerprint density at radius 2 is 2.00 bits per heavy atom. The highest BCUT2D eigenvalue weighted by atomic mass is 16.2. The van der Waals surface area contributed by atoms with Crippen LogP contribution in [0.15, 0.2) is 41.3 Å². The van der Waals surface area contributed by atoms with Gasteiger partial charge in [0.25, 0.3) is 11.5 Å². The molecule has 7 nitrogen and oxygen atoms in total. The molecule has 2 aromatic heterocycles. The minimum atomic E-state index is -0.187. The summed E-state index contributed by atoms with van der Waals surface area (Å²) in [5.74, 6) is 0.292. The molecule has 0 fully saturated rings. The van der Waals surface area contributed by atoms with Crippen LogP contribution in [0.4, 0.5) is 0 Å². The van der Waals surface area contributed by atoms with Crippen molar-refractivity contribution in [3.63, 3.8) is 0 Å². The summed E-state index contributed by atoms with van der Waals surface area (Å²) in [4.78, 5) is 25.0. The van der Waals surface area contributed by atoms with E-state index in [1.54, 1.807) is 16.9 Å². The predicted molar refractivity (Wildman–Crippen MR) is 105 cm³/mol. The number of fused-ring (bicyclic) bond motifs is 1. The molecule has 0 unspecified atom stereocenters. The molecule has 0 atom stereocenters. The van der Waals surface area contributed by atoms with Crippen molar-refractivity contribution in [2.45, 2.75) is 40.3 Å². The van der Waals surface area contributed by atoms with Gasteiger partial charge in [-0.05, 0) is 31.4 Å². The summed E-state index contributed by atoms with van der Waals surface area (Å²) in [6.07, 6.45) is 2.51. The molecule has 0 radical (unpaired) electrons. The molecule has 0 aliphatic rings. The van der Waals surface area contributed by atoms with Crippen molar-refractivity contribution in [1.29, 1.82) is 0 Å². The van der Waals surface area contributed by atoms with Crippen LogP contribution in [-0.4, -0.2) is 32.0 Å². The number of carbonyl (C=O) groups is 1. The molecule has 0 saturated heterocycles. The minimum Gasteiger partial charge on any atom is -0.349 e. The molecule has 0 aliphatic heterocycles. The lowest BCUT2D eigenvalue weighted by atomic mass is 10.1. The number of benzene rings is 1. The maximum atomic E-state index is 12.5. The topological polar surface area (TPSA) is 81.8 Å². The summed E-state index contributed by atoms with van der Waals surface area (Å²) in [5, 5.41) is 13.0. The summed E-state index contributed by atoms with van der Waals surface area (Å²) >= 11 is 0. The molecule has 3 rings (SSSR count). The molecule has 0 aliphatic carbocycles. The standard InChI is InChI=1S/C20H25N5O2/c1-4-24-18(12-16(23-24)11-14(2)3)19(26)21-9-10-25-20(27)17-8-6-5-7-15(17)13-22-25/h5-8,12-14H,4,9-11H2,1-3H3,(H,21,26). The van der Waals surface area contributed by atoms with E-state index in [-0.39, 0.29) is 11.5 Å². The van der Waals surface area contributed by atoms with Gasteiger partial charge in [0, 0.05) is 18.5 Å². The highest BCUT2D eigenvalue weighted by Crippen LogP contribution is 2.10. The van der Waals surface area contributed by atoms with E-state index in [0.29, 0.717) is 36.6 Å². The first kappa shape index (κ1) is 18.8. The number of hydrogen-bond donors (Lipinski definition) is 1. The number of amides is 1. The highest BCUT2D eigenvalue weighted by Gasteiger charge is 2.15. The van der Waals surface area contributed by atoms with Crippen LogP contribution in [0, 0.1) is 5.92 Å². The van der Waals surface area contributed by atoms with E-state index in [4.69, 9.17) is 0 Å². The quantitative estimate of drug-likeness (QED) is 0.694. The summed E-state index contributed by atoms with van der Waals surface area (Å²) in [7, 11) is 0. The van der Waals surface area contributed by atoms with Crippen LogP contribution >= 0.6 is 0 Å². The van der Waals surface area contributed by atoms with Crippen molar-refractivity contribution in [3.05, 3.63) is 58.3 Å². The minimum absolute atomic E-state index is 0.153. The Hall–Kier alpha value is -2.96. The SMILES string of the molecule is CCn1nc(CC(C)C)cc1C(=O)NCCn1ncc2ccccc2c1=O. The molecule has 2 heterocycles. The number of aromatic nitrogens is 4. The van der Waals surface area contributed by atoms with Crippen LogP contribution in [0.3, 0.4) is 0 Å². The second kappa shape index (κ2) is 8.16. The van der Waals surface area contributed by atoms with E-state index in [2.05, 4.69) is 29.4 Å². The molecule has 27 heavy (non-hydrogen) atoms. The summed E-state index contributed by atoms with van der Waals surface area (Å²) in [6, 6.07) is 9.19. The normalized spacial score (nSPS) is 11.3. The fourth-order valence-electron chi connectivity index (χ4n) is 3.06. The van der Waals surface area contributed by atoms with Gasteiger partial charge in [0.15, 0.2) is 0 Å². The van der Waals surface area contributed by atoms with E-state index in [1.807, 2.05) is 31.2 Å². The molecule has 3 aromatic rings. The number of aryl methyl sites for hydroxylation is 1. The van der Waals surface area contributed by atoms with Gasteiger partial charge in [0.05, 0.1) is 23.8 Å². The lowest BCUT2D eigenvalue weighted by Gasteiger charge is -2.08. The Morgan fingerprint density at radius 3 is 2.74 bits per heavy atom. The average molecular weight is 367 g/mol. The maximum Gasteiger partial charge on any atom is 0.274 e. The van der Waals surface area contributed by atoms with Crippen LogP contribution in [-0.2, 0) is 19.5 Å². The first-order chi connectivity index (χ1) is 13.0. The number of hydrogen-bond acceptors (Lipinski definition) is 4. The van der Waals surface area contributed by atoms with Crippen molar-refractivity contribution in [2.75, 3.05) is 6.54 Å². The number of rotatable bonds is 7. The third-order valence-corrected chi connectivity index (χ3v) is 4.35. The molecular formula is C20H25N5O2. The third-order valence-electron chi connectivity index (χ3n) is 4.35. The lowest BCUT2D eigenvalue weighted by Crippen LogP contribution is -2.33. The average Bonchev–Trinajstić information content (AvgIpc) is 3.06. The Bertz CT molecular complexity index is 1000. The fourth-order valence-corrected chi connectivity index (χ4v) is 3.06. The Kier molecular flexibility index (Phi) is 5.69. The number of nitrogens with one attached hydrogen (secondary N) is 1. The zero-order chi connectivity index (χ0) is 19.4. The first-order valence-electron chi connectivity index (χ1n) is 9.29. The van der Waals surface area contributed by atoms with E-state index >= 15 is 0 Å². The van der Waals surface area contributed by atoms with Gasteiger partial charge in [-0.25, -0.2) is 4.68 Å². The van der Waals surface area contributed by atoms with Crippen molar-refractivity contribution in [3.8, 4) is 0 Å². The Balaban J connectivity index is 1.67. The highest BCUT2D eigenvalue weighted by molar-refractivity contribution is 5.92. The van der Waals surface area contributed by atoms with Gasteiger partial charge < -0.3 is 5.32 Å². The molecule has 1 N–H and O–H groups in total. The van der Waals surface area contributed by atoms with E-state index in [0.717, 1.165) is 17.5 Å². The molecule has 7 heteroatoms. The van der Waals surface area contributed by atoms with E-state index < -0.39 is 0 Å². The molecule has 142 valence electrons. The Morgan fingerprint density at radius 1 is 1.22 bits per heavy atom. The fraction of sp³-hybridized carbons (Fsp3) is 0.400. The largest absolute Gasteiger partial charge is 0.349 e. The van der Waals surface area contributed by atoms with Gasteiger partial charge in [0.1, 0.15) is 5.69 Å². The molecular weight excluding hydrogens is 342 g/mol. The molecule has 0 saturated carbocycles. The monoisotopic (exact) mass is 367 g/mol. The summed E-state index contributed by atoms with van der Waals surface area (Å²) < 4.78 is 3.09. The second-order valence-electron chi connectivity index (χ2n) is 6.95. The van der Waals surface area contributed by atoms with Crippen LogP contribution in [0.1, 0.15) is 37.0 Å². The maximum absolute atomic E-state index is 12.5. The van der Waals surface area contributed by atoms with Crippen LogP contribution < -0.4 is 10.9 Å². The third kappa shape index (κ3) is 4.24. The lowest BCUT2D eigenvalue weighted by molar-refractivity contribution is 0.0941. The van der Waals surface area contributed by atoms with Crippen LogP contribution in [0.2, 0.25) is 0 Å². The van der Waals surface area contributed by atoms with Gasteiger partial charge >= 0.3 is 0 Å². The van der Waals surface area contributed by atoms with Crippen molar-refractivity contribution in [1.82, 2.24) is 24.9 Å². The van der Waals surface area contributed by atoms with Crippen molar-refractivity contribution < 1.29 is 4.79 Å². The number of carbonyl (C=O) groups excluding carboxylic acids is 1. The van der Waals surface area contributed by atoms with Crippen LogP contribution in [0.25, 0.3) is 10.8 Å².